The Kier molecular flexibility index (Phi) is 1.80. The largest absolute Gasteiger partial charge is 0.394 e. The molecule has 1 heterocycles. The minimum atomic E-state index is -1.30. The lowest BCUT2D eigenvalue weighted by molar-refractivity contribution is -0.144. The zero-order valence-electron chi connectivity index (χ0n) is 4.78. The van der Waals surface area contributed by atoms with Gasteiger partial charge in [0.15, 0.2) is 5.78 Å². The number of aliphatic hydroxyl groups excluding tert-OH is 2. The van der Waals surface area contributed by atoms with E-state index in [2.05, 4.69) is 4.74 Å². The van der Waals surface area contributed by atoms with E-state index in [9.17, 15) is 4.79 Å². The van der Waals surface area contributed by atoms with Gasteiger partial charge in [0.25, 0.3) is 0 Å². The number of hydrogen-bond acceptors (Lipinski definition) is 4. The average Bonchev–Trinajstić information content (AvgIpc) is 2.13. The van der Waals surface area contributed by atoms with E-state index in [-0.39, 0.29) is 18.8 Å². The van der Waals surface area contributed by atoms with Crippen LogP contribution in [0.2, 0.25) is 0 Å². The van der Waals surface area contributed by atoms with E-state index in [1.807, 2.05) is 0 Å². The number of rotatable bonds is 1. The zero-order chi connectivity index (χ0) is 6.85. The van der Waals surface area contributed by atoms with Crippen molar-refractivity contribution in [2.24, 2.45) is 0 Å². The lowest BCUT2D eigenvalue weighted by atomic mass is 10.2. The van der Waals surface area contributed by atoms with E-state index >= 15 is 0 Å². The van der Waals surface area contributed by atoms with E-state index < -0.39 is 12.4 Å². The molecule has 4 heteroatoms. The first-order chi connectivity index (χ1) is 4.24. The molecule has 0 aromatic heterocycles. The highest BCUT2D eigenvalue weighted by molar-refractivity contribution is 5.83. The van der Waals surface area contributed by atoms with Crippen molar-refractivity contribution in [3.63, 3.8) is 0 Å². The molecule has 0 radical (unpaired) electrons. The summed E-state index contributed by atoms with van der Waals surface area (Å²) in [7, 11) is 0. The van der Waals surface area contributed by atoms with Gasteiger partial charge >= 0.3 is 0 Å². The smallest absolute Gasteiger partial charge is 0.215 e. The van der Waals surface area contributed by atoms with Crippen LogP contribution in [0.4, 0.5) is 0 Å². The minimum absolute atomic E-state index is 0.123. The molecule has 0 spiro atoms. The van der Waals surface area contributed by atoms with Crippen LogP contribution in [0.3, 0.4) is 0 Å². The predicted molar refractivity (Wildman–Crippen MR) is 27.6 cm³/mol. The van der Waals surface area contributed by atoms with E-state index in [4.69, 9.17) is 10.2 Å². The third-order valence-corrected chi connectivity index (χ3v) is 1.23. The third kappa shape index (κ3) is 1.27. The monoisotopic (exact) mass is 132 g/mol. The molecule has 2 atom stereocenters. The zero-order valence-corrected chi connectivity index (χ0v) is 4.78. The summed E-state index contributed by atoms with van der Waals surface area (Å²) < 4.78 is 4.58. The summed E-state index contributed by atoms with van der Waals surface area (Å²) >= 11 is 0. The molecular weight excluding hydrogens is 124 g/mol. The number of hydrogen-bond donors (Lipinski definition) is 2. The van der Waals surface area contributed by atoms with Crippen molar-refractivity contribution in [1.82, 2.24) is 0 Å². The van der Waals surface area contributed by atoms with Gasteiger partial charge in [0, 0.05) is 6.42 Å². The average molecular weight is 132 g/mol. The summed E-state index contributed by atoms with van der Waals surface area (Å²) in [4.78, 5) is 10.5. The van der Waals surface area contributed by atoms with Crippen LogP contribution in [0.5, 0.6) is 0 Å². The van der Waals surface area contributed by atoms with Crippen molar-refractivity contribution in [3.05, 3.63) is 0 Å². The Labute approximate surface area is 52.1 Å². The Morgan fingerprint density at radius 2 is 2.44 bits per heavy atom. The molecule has 2 unspecified atom stereocenters. The molecule has 2 N–H and O–H groups in total. The fourth-order valence-corrected chi connectivity index (χ4v) is 0.739. The van der Waals surface area contributed by atoms with E-state index in [1.165, 1.54) is 0 Å². The van der Waals surface area contributed by atoms with Crippen LogP contribution in [0.15, 0.2) is 0 Å². The Morgan fingerprint density at radius 3 is 2.67 bits per heavy atom. The van der Waals surface area contributed by atoms with Crippen molar-refractivity contribution in [2.45, 2.75) is 18.8 Å². The number of carbonyl (C=O) groups is 1. The van der Waals surface area contributed by atoms with Crippen LogP contribution in [0, 0.1) is 0 Å². The standard InChI is InChI=1S/C5H8O4/c6-2-3-1-4(7)5(8)9-3/h3,5-6,8H,1-2H2. The maximum absolute atomic E-state index is 10.5. The van der Waals surface area contributed by atoms with Crippen molar-refractivity contribution in [3.8, 4) is 0 Å². The first kappa shape index (κ1) is 6.67. The highest BCUT2D eigenvalue weighted by Gasteiger charge is 2.30. The molecule has 0 bridgehead atoms. The molecule has 0 aromatic carbocycles. The summed E-state index contributed by atoms with van der Waals surface area (Å²) in [5, 5.41) is 17.0. The van der Waals surface area contributed by atoms with Gasteiger partial charge in [-0.3, -0.25) is 4.79 Å². The highest BCUT2D eigenvalue weighted by Crippen LogP contribution is 2.12. The normalized spacial score (nSPS) is 35.6. The number of ether oxygens (including phenoxy) is 1. The summed E-state index contributed by atoms with van der Waals surface area (Å²) in [6.45, 7) is -0.206. The molecule has 4 nitrogen and oxygen atoms in total. The molecule has 1 fully saturated rings. The van der Waals surface area contributed by atoms with Gasteiger partial charge in [-0.2, -0.15) is 0 Å². The SMILES string of the molecule is O=C1CC(CO)OC1O. The summed E-state index contributed by atoms with van der Waals surface area (Å²) in [5.74, 6) is -0.353. The Hall–Kier alpha value is -0.450. The first-order valence-corrected chi connectivity index (χ1v) is 2.71. The molecule has 1 rings (SSSR count). The lowest BCUT2D eigenvalue weighted by Gasteiger charge is -2.02. The topological polar surface area (TPSA) is 66.8 Å². The van der Waals surface area contributed by atoms with Crippen molar-refractivity contribution in [1.29, 1.82) is 0 Å². The second kappa shape index (κ2) is 2.43. The summed E-state index contributed by atoms with van der Waals surface area (Å²) in [5.41, 5.74) is 0. The quantitative estimate of drug-likeness (QED) is 0.463. The first-order valence-electron chi connectivity index (χ1n) is 2.71. The van der Waals surface area contributed by atoms with Gasteiger partial charge in [-0.25, -0.2) is 0 Å². The molecule has 52 valence electrons. The molecule has 1 saturated heterocycles. The van der Waals surface area contributed by atoms with Crippen LogP contribution >= 0.6 is 0 Å². The molecule has 1 aliphatic rings. The van der Waals surface area contributed by atoms with Gasteiger partial charge in [-0.1, -0.05) is 0 Å². The Bertz CT molecular complexity index is 122. The van der Waals surface area contributed by atoms with E-state index in [0.29, 0.717) is 0 Å². The van der Waals surface area contributed by atoms with Crippen molar-refractivity contribution >= 4 is 5.78 Å². The van der Waals surface area contributed by atoms with Crippen LogP contribution in [-0.2, 0) is 9.53 Å². The highest BCUT2D eigenvalue weighted by atomic mass is 16.6. The number of carbonyl (C=O) groups excluding carboxylic acids is 1. The number of ketones is 1. The second-order valence-electron chi connectivity index (χ2n) is 1.96. The van der Waals surface area contributed by atoms with Gasteiger partial charge in [-0.05, 0) is 0 Å². The van der Waals surface area contributed by atoms with Crippen LogP contribution in [0.1, 0.15) is 6.42 Å². The fraction of sp³-hybridized carbons (Fsp3) is 0.800. The maximum atomic E-state index is 10.5. The molecule has 0 amide bonds. The van der Waals surface area contributed by atoms with E-state index in [1.54, 1.807) is 0 Å². The van der Waals surface area contributed by atoms with Crippen molar-refractivity contribution < 1.29 is 19.7 Å². The molecule has 1 aliphatic heterocycles. The van der Waals surface area contributed by atoms with Gasteiger partial charge in [0.2, 0.25) is 6.29 Å². The number of aliphatic hydroxyl groups is 2. The van der Waals surface area contributed by atoms with Gasteiger partial charge in [-0.15, -0.1) is 0 Å². The molecule has 0 aromatic rings. The Balaban J connectivity index is 2.44. The fourth-order valence-electron chi connectivity index (χ4n) is 0.739. The predicted octanol–water partition coefficient (Wildman–Crippen LogP) is -1.34. The van der Waals surface area contributed by atoms with Gasteiger partial charge in [0.05, 0.1) is 12.7 Å². The molecule has 9 heavy (non-hydrogen) atoms. The molecule has 0 saturated carbocycles. The number of Topliss-reactive ketones (excluding diaryl/α,β-unsaturated/α-hetero) is 1. The summed E-state index contributed by atoms with van der Waals surface area (Å²) in [6.07, 6.45) is -1.67. The third-order valence-electron chi connectivity index (χ3n) is 1.23. The van der Waals surface area contributed by atoms with Crippen LogP contribution < -0.4 is 0 Å². The summed E-state index contributed by atoms with van der Waals surface area (Å²) in [6, 6.07) is 0. The van der Waals surface area contributed by atoms with Crippen LogP contribution in [0.25, 0.3) is 0 Å². The Morgan fingerprint density at radius 1 is 1.78 bits per heavy atom. The van der Waals surface area contributed by atoms with Gasteiger partial charge < -0.3 is 14.9 Å². The van der Waals surface area contributed by atoms with E-state index in [0.717, 1.165) is 0 Å². The second-order valence-corrected chi connectivity index (χ2v) is 1.96. The molecule has 0 aliphatic carbocycles. The lowest BCUT2D eigenvalue weighted by Crippen LogP contribution is -2.15. The van der Waals surface area contributed by atoms with Gasteiger partial charge in [0.1, 0.15) is 0 Å². The molecular formula is C5H8O4. The van der Waals surface area contributed by atoms with Crippen molar-refractivity contribution in [2.75, 3.05) is 6.61 Å². The minimum Gasteiger partial charge on any atom is -0.394 e. The van der Waals surface area contributed by atoms with Crippen LogP contribution in [-0.4, -0.2) is 35.0 Å². The maximum Gasteiger partial charge on any atom is 0.215 e.